The number of hydrogen-bond acceptors (Lipinski definition) is 4. The van der Waals surface area contributed by atoms with E-state index in [9.17, 15) is 13.2 Å². The van der Waals surface area contributed by atoms with Crippen LogP contribution in [0.1, 0.15) is 16.7 Å². The Morgan fingerprint density at radius 2 is 1.69 bits per heavy atom. The van der Waals surface area contributed by atoms with Gasteiger partial charge in [-0.3, -0.25) is 4.79 Å². The van der Waals surface area contributed by atoms with Crippen LogP contribution in [0.4, 0.5) is 0 Å². The zero-order valence-electron chi connectivity index (χ0n) is 17.9. The Hall–Kier alpha value is -2.87. The molecule has 8 heteroatoms. The molecule has 3 rings (SSSR count). The first kappa shape index (κ1) is 23.8. The van der Waals surface area contributed by atoms with Crippen molar-refractivity contribution < 1.29 is 17.9 Å². The maximum Gasteiger partial charge on any atom is 0.243 e. The number of halogens is 1. The first-order chi connectivity index (χ1) is 15.3. The predicted octanol–water partition coefficient (Wildman–Crippen LogP) is 4.16. The Bertz CT molecular complexity index is 1160. The number of sulfonamides is 1. The lowest BCUT2D eigenvalue weighted by atomic mass is 10.1. The van der Waals surface area contributed by atoms with Crippen LogP contribution < -0.4 is 10.1 Å². The Kier molecular flexibility index (Phi) is 7.90. The molecule has 0 aliphatic rings. The summed E-state index contributed by atoms with van der Waals surface area (Å²) < 4.78 is 32.9. The summed E-state index contributed by atoms with van der Waals surface area (Å²) in [5, 5.41) is 3.23. The molecule has 0 atom stereocenters. The molecule has 0 unspecified atom stereocenters. The maximum atomic E-state index is 13.3. The van der Waals surface area contributed by atoms with Crippen molar-refractivity contribution in [3.8, 4) is 5.75 Å². The second kappa shape index (κ2) is 10.6. The van der Waals surface area contributed by atoms with Gasteiger partial charge in [0.2, 0.25) is 15.9 Å². The fraction of sp³-hybridized carbons (Fsp3) is 0.208. The quantitative estimate of drug-likeness (QED) is 0.507. The fourth-order valence-electron chi connectivity index (χ4n) is 3.16. The van der Waals surface area contributed by atoms with E-state index in [2.05, 4.69) is 5.32 Å². The number of rotatable bonds is 9. The lowest BCUT2D eigenvalue weighted by molar-refractivity contribution is -0.121. The molecule has 0 aliphatic carbocycles. The van der Waals surface area contributed by atoms with E-state index in [4.69, 9.17) is 16.3 Å². The van der Waals surface area contributed by atoms with Gasteiger partial charge in [-0.1, -0.05) is 53.6 Å². The molecule has 1 amide bonds. The van der Waals surface area contributed by atoms with Crippen molar-refractivity contribution in [3.63, 3.8) is 0 Å². The van der Waals surface area contributed by atoms with E-state index >= 15 is 0 Å². The molecule has 3 aromatic carbocycles. The van der Waals surface area contributed by atoms with E-state index < -0.39 is 15.9 Å². The number of benzene rings is 3. The Labute approximate surface area is 193 Å². The molecule has 0 heterocycles. The molecule has 168 valence electrons. The molecule has 0 aromatic heterocycles. The maximum absolute atomic E-state index is 13.3. The summed E-state index contributed by atoms with van der Waals surface area (Å²) in [5.41, 5.74) is 2.69. The highest BCUT2D eigenvalue weighted by molar-refractivity contribution is 7.89. The number of nitrogens with zero attached hydrogens (tertiary/aromatic N) is 1. The van der Waals surface area contributed by atoms with Crippen molar-refractivity contribution in [2.75, 3.05) is 13.7 Å². The molecular formula is C24H25ClN2O4S. The monoisotopic (exact) mass is 472 g/mol. The van der Waals surface area contributed by atoms with E-state index in [1.165, 1.54) is 28.6 Å². The van der Waals surface area contributed by atoms with Gasteiger partial charge in [0.25, 0.3) is 0 Å². The van der Waals surface area contributed by atoms with Crippen LogP contribution in [-0.4, -0.2) is 32.3 Å². The normalized spacial score (nSPS) is 11.4. The predicted molar refractivity (Wildman–Crippen MR) is 125 cm³/mol. The van der Waals surface area contributed by atoms with Crippen LogP contribution in [0, 0.1) is 6.92 Å². The molecule has 0 bridgehead atoms. The lowest BCUT2D eigenvalue weighted by Gasteiger charge is -2.22. The largest absolute Gasteiger partial charge is 0.497 e. The third-order valence-corrected chi connectivity index (χ3v) is 6.92. The number of aryl methyl sites for hydroxylation is 1. The SMILES string of the molecule is COc1ccc(CNC(=O)CN(Cc2cccc(C)c2)S(=O)(=O)c2ccc(Cl)cc2)cc1. The van der Waals surface area contributed by atoms with Gasteiger partial charge in [0, 0.05) is 18.1 Å². The molecule has 0 aliphatic heterocycles. The number of hydrogen-bond donors (Lipinski definition) is 1. The van der Waals surface area contributed by atoms with Crippen molar-refractivity contribution >= 4 is 27.5 Å². The molecular weight excluding hydrogens is 448 g/mol. The van der Waals surface area contributed by atoms with Crippen molar-refractivity contribution in [1.29, 1.82) is 0 Å². The van der Waals surface area contributed by atoms with E-state index in [0.717, 1.165) is 22.4 Å². The summed E-state index contributed by atoms with van der Waals surface area (Å²) in [6, 6.07) is 20.7. The van der Waals surface area contributed by atoms with Crippen molar-refractivity contribution in [1.82, 2.24) is 9.62 Å². The van der Waals surface area contributed by atoms with Crippen molar-refractivity contribution in [2.45, 2.75) is 24.9 Å². The van der Waals surface area contributed by atoms with Gasteiger partial charge >= 0.3 is 0 Å². The molecule has 6 nitrogen and oxygen atoms in total. The Balaban J connectivity index is 1.78. The van der Waals surface area contributed by atoms with Gasteiger partial charge in [-0.2, -0.15) is 4.31 Å². The number of ether oxygens (including phenoxy) is 1. The van der Waals surface area contributed by atoms with Crippen LogP contribution in [-0.2, 0) is 27.9 Å². The highest BCUT2D eigenvalue weighted by Crippen LogP contribution is 2.21. The van der Waals surface area contributed by atoms with Gasteiger partial charge in [0.1, 0.15) is 5.75 Å². The van der Waals surface area contributed by atoms with Crippen LogP contribution in [0.2, 0.25) is 5.02 Å². The standard InChI is InChI=1S/C24H25ClN2O4S/c1-18-4-3-5-20(14-18)16-27(32(29,30)23-12-8-21(25)9-13-23)17-24(28)26-15-19-6-10-22(31-2)11-7-19/h3-14H,15-17H2,1-2H3,(H,26,28). The average molecular weight is 473 g/mol. The van der Waals surface area contributed by atoms with E-state index in [1.54, 1.807) is 19.2 Å². The molecule has 32 heavy (non-hydrogen) atoms. The molecule has 0 radical (unpaired) electrons. The average Bonchev–Trinajstić information content (AvgIpc) is 2.78. The Morgan fingerprint density at radius 1 is 1.00 bits per heavy atom. The van der Waals surface area contributed by atoms with Crippen molar-refractivity contribution in [3.05, 3.63) is 94.5 Å². The Morgan fingerprint density at radius 3 is 2.31 bits per heavy atom. The van der Waals surface area contributed by atoms with Gasteiger partial charge < -0.3 is 10.1 Å². The second-order valence-electron chi connectivity index (χ2n) is 7.34. The van der Waals surface area contributed by atoms with Crippen LogP contribution in [0.25, 0.3) is 0 Å². The highest BCUT2D eigenvalue weighted by Gasteiger charge is 2.27. The number of carbonyl (C=O) groups excluding carboxylic acids is 1. The van der Waals surface area contributed by atoms with E-state index in [1.807, 2.05) is 43.3 Å². The molecule has 0 saturated heterocycles. The zero-order valence-corrected chi connectivity index (χ0v) is 19.5. The smallest absolute Gasteiger partial charge is 0.243 e. The summed E-state index contributed by atoms with van der Waals surface area (Å²) in [5.74, 6) is 0.324. The molecule has 3 aromatic rings. The third kappa shape index (κ3) is 6.32. The number of methoxy groups -OCH3 is 1. The van der Waals surface area contributed by atoms with E-state index in [0.29, 0.717) is 5.02 Å². The van der Waals surface area contributed by atoms with Gasteiger partial charge in [-0.05, 0) is 54.4 Å². The second-order valence-corrected chi connectivity index (χ2v) is 9.72. The van der Waals surface area contributed by atoms with Crippen LogP contribution in [0.5, 0.6) is 5.75 Å². The first-order valence-corrected chi connectivity index (χ1v) is 11.8. The summed E-state index contributed by atoms with van der Waals surface area (Å²) in [6.07, 6.45) is 0. The molecule has 0 spiro atoms. The van der Waals surface area contributed by atoms with Gasteiger partial charge in [0.15, 0.2) is 0 Å². The molecule has 0 saturated carbocycles. The molecule has 0 fully saturated rings. The third-order valence-electron chi connectivity index (χ3n) is 4.86. The van der Waals surface area contributed by atoms with Crippen LogP contribution in [0.3, 0.4) is 0 Å². The van der Waals surface area contributed by atoms with Gasteiger partial charge in [0.05, 0.1) is 18.6 Å². The summed E-state index contributed by atoms with van der Waals surface area (Å²) in [6.45, 7) is 1.98. The first-order valence-electron chi connectivity index (χ1n) is 9.99. The number of amides is 1. The van der Waals surface area contributed by atoms with Gasteiger partial charge in [-0.15, -0.1) is 0 Å². The fourth-order valence-corrected chi connectivity index (χ4v) is 4.67. The van der Waals surface area contributed by atoms with Crippen LogP contribution >= 0.6 is 11.6 Å². The zero-order chi connectivity index (χ0) is 23.1. The van der Waals surface area contributed by atoms with Crippen molar-refractivity contribution in [2.24, 2.45) is 0 Å². The topological polar surface area (TPSA) is 75.7 Å². The summed E-state index contributed by atoms with van der Waals surface area (Å²) >= 11 is 5.91. The number of nitrogens with one attached hydrogen (secondary N) is 1. The number of carbonyl (C=O) groups is 1. The van der Waals surface area contributed by atoms with Crippen LogP contribution in [0.15, 0.2) is 77.7 Å². The highest BCUT2D eigenvalue weighted by atomic mass is 35.5. The minimum Gasteiger partial charge on any atom is -0.497 e. The lowest BCUT2D eigenvalue weighted by Crippen LogP contribution is -2.40. The minimum atomic E-state index is -3.92. The van der Waals surface area contributed by atoms with Gasteiger partial charge in [-0.25, -0.2) is 8.42 Å². The van der Waals surface area contributed by atoms with E-state index in [-0.39, 0.29) is 24.5 Å². The summed E-state index contributed by atoms with van der Waals surface area (Å²) in [7, 11) is -2.33. The summed E-state index contributed by atoms with van der Waals surface area (Å²) in [4.78, 5) is 12.8. The minimum absolute atomic E-state index is 0.0720. The molecule has 1 N–H and O–H groups in total.